The average Bonchev–Trinajstić information content (AvgIpc) is 2.11. The van der Waals surface area contributed by atoms with Crippen molar-refractivity contribution in [2.45, 2.75) is 6.92 Å². The smallest absolute Gasteiger partial charge is 0.188 e. The fraction of sp³-hybridized carbons (Fsp3) is 0.100. The first kappa shape index (κ1) is 10.5. The van der Waals surface area contributed by atoms with Gasteiger partial charge in [0.15, 0.2) is 17.4 Å². The number of allylic oxidation sites excluding steroid dienone is 2. The molecule has 74 valence electrons. The second-order valence-corrected chi connectivity index (χ2v) is 2.61. The third-order valence-electron chi connectivity index (χ3n) is 1.59. The van der Waals surface area contributed by atoms with Gasteiger partial charge in [-0.15, -0.1) is 0 Å². The molecule has 0 aliphatic rings. The summed E-state index contributed by atoms with van der Waals surface area (Å²) >= 11 is 0. The van der Waals surface area contributed by atoms with E-state index in [0.717, 1.165) is 6.08 Å². The molecule has 14 heavy (non-hydrogen) atoms. The highest BCUT2D eigenvalue weighted by Gasteiger charge is 2.13. The van der Waals surface area contributed by atoms with Gasteiger partial charge in [-0.2, -0.15) is 0 Å². The van der Waals surface area contributed by atoms with Crippen molar-refractivity contribution in [3.8, 4) is 0 Å². The predicted octanol–water partition coefficient (Wildman–Crippen LogP) is 2.86. The molecule has 0 aliphatic heterocycles. The lowest BCUT2D eigenvalue weighted by atomic mass is 10.1. The Morgan fingerprint density at radius 3 is 2.29 bits per heavy atom. The topological polar surface area (TPSA) is 17.1 Å². The SMILES string of the molecule is CC=CC(=O)c1cc(F)c(F)cc1F. The summed E-state index contributed by atoms with van der Waals surface area (Å²) in [6.45, 7) is 1.57. The summed E-state index contributed by atoms with van der Waals surface area (Å²) in [5, 5.41) is 0. The monoisotopic (exact) mass is 200 g/mol. The Morgan fingerprint density at radius 1 is 1.14 bits per heavy atom. The van der Waals surface area contributed by atoms with E-state index in [2.05, 4.69) is 0 Å². The van der Waals surface area contributed by atoms with Gasteiger partial charge in [0.1, 0.15) is 5.82 Å². The van der Waals surface area contributed by atoms with Crippen LogP contribution in [-0.4, -0.2) is 5.78 Å². The van der Waals surface area contributed by atoms with Crippen molar-refractivity contribution in [2.75, 3.05) is 0 Å². The zero-order valence-corrected chi connectivity index (χ0v) is 7.35. The minimum Gasteiger partial charge on any atom is -0.289 e. The maximum atomic E-state index is 12.9. The number of carbonyl (C=O) groups excluding carboxylic acids is 1. The number of ketones is 1. The molecule has 0 saturated heterocycles. The normalized spacial score (nSPS) is 10.9. The molecular formula is C10H7F3O. The van der Waals surface area contributed by atoms with Crippen molar-refractivity contribution in [2.24, 2.45) is 0 Å². The molecule has 0 amide bonds. The van der Waals surface area contributed by atoms with Crippen molar-refractivity contribution in [3.05, 3.63) is 47.3 Å². The van der Waals surface area contributed by atoms with E-state index in [0.29, 0.717) is 12.1 Å². The summed E-state index contributed by atoms with van der Waals surface area (Å²) in [6, 6.07) is 0.902. The van der Waals surface area contributed by atoms with Crippen LogP contribution in [0.5, 0.6) is 0 Å². The fourth-order valence-corrected chi connectivity index (χ4v) is 0.953. The number of hydrogen-bond acceptors (Lipinski definition) is 1. The Labute approximate surface area is 78.9 Å². The van der Waals surface area contributed by atoms with Crippen LogP contribution in [0.3, 0.4) is 0 Å². The Hall–Kier alpha value is -1.58. The zero-order valence-electron chi connectivity index (χ0n) is 7.35. The molecule has 0 bridgehead atoms. The lowest BCUT2D eigenvalue weighted by Crippen LogP contribution is -2.01. The fourth-order valence-electron chi connectivity index (χ4n) is 0.953. The van der Waals surface area contributed by atoms with Gasteiger partial charge < -0.3 is 0 Å². The average molecular weight is 200 g/mol. The molecule has 0 aromatic heterocycles. The van der Waals surface area contributed by atoms with Crippen molar-refractivity contribution in [1.82, 2.24) is 0 Å². The highest BCUT2D eigenvalue weighted by molar-refractivity contribution is 6.04. The lowest BCUT2D eigenvalue weighted by molar-refractivity contribution is 0.104. The van der Waals surface area contributed by atoms with Crippen molar-refractivity contribution >= 4 is 5.78 Å². The van der Waals surface area contributed by atoms with Crippen LogP contribution in [0.4, 0.5) is 13.2 Å². The third-order valence-corrected chi connectivity index (χ3v) is 1.59. The molecule has 0 N–H and O–H groups in total. The highest BCUT2D eigenvalue weighted by Crippen LogP contribution is 2.14. The second kappa shape index (κ2) is 4.09. The van der Waals surface area contributed by atoms with Crippen LogP contribution in [0, 0.1) is 17.5 Å². The van der Waals surface area contributed by atoms with Gasteiger partial charge in [0.05, 0.1) is 5.56 Å². The highest BCUT2D eigenvalue weighted by atomic mass is 19.2. The molecule has 0 heterocycles. The van der Waals surface area contributed by atoms with Crippen LogP contribution in [0.1, 0.15) is 17.3 Å². The van der Waals surface area contributed by atoms with Gasteiger partial charge in [-0.1, -0.05) is 6.08 Å². The molecule has 0 atom stereocenters. The van der Waals surface area contributed by atoms with Crippen molar-refractivity contribution < 1.29 is 18.0 Å². The van der Waals surface area contributed by atoms with Crippen LogP contribution < -0.4 is 0 Å². The van der Waals surface area contributed by atoms with Crippen LogP contribution in [0.2, 0.25) is 0 Å². The van der Waals surface area contributed by atoms with Gasteiger partial charge in [0.25, 0.3) is 0 Å². The number of carbonyl (C=O) groups is 1. The predicted molar refractivity (Wildman–Crippen MR) is 45.5 cm³/mol. The molecule has 0 aliphatic carbocycles. The zero-order chi connectivity index (χ0) is 10.7. The molecule has 1 aromatic carbocycles. The summed E-state index contributed by atoms with van der Waals surface area (Å²) in [6.07, 6.45) is 2.47. The summed E-state index contributed by atoms with van der Waals surface area (Å²) in [4.78, 5) is 11.1. The molecule has 0 spiro atoms. The molecule has 0 radical (unpaired) electrons. The summed E-state index contributed by atoms with van der Waals surface area (Å²) < 4.78 is 38.0. The number of benzene rings is 1. The van der Waals surface area contributed by atoms with Gasteiger partial charge >= 0.3 is 0 Å². The third kappa shape index (κ3) is 2.02. The van der Waals surface area contributed by atoms with E-state index in [1.807, 2.05) is 0 Å². The number of hydrogen-bond donors (Lipinski definition) is 0. The molecule has 0 fully saturated rings. The maximum Gasteiger partial charge on any atom is 0.188 e. The van der Waals surface area contributed by atoms with Gasteiger partial charge in [0, 0.05) is 6.07 Å². The van der Waals surface area contributed by atoms with Crippen molar-refractivity contribution in [1.29, 1.82) is 0 Å². The Balaban J connectivity index is 3.22. The van der Waals surface area contributed by atoms with E-state index < -0.39 is 28.8 Å². The van der Waals surface area contributed by atoms with Gasteiger partial charge in [-0.3, -0.25) is 4.79 Å². The second-order valence-electron chi connectivity index (χ2n) is 2.61. The molecule has 0 unspecified atom stereocenters. The Morgan fingerprint density at radius 2 is 1.71 bits per heavy atom. The van der Waals surface area contributed by atoms with E-state index in [1.165, 1.54) is 6.08 Å². The van der Waals surface area contributed by atoms with Crippen molar-refractivity contribution in [3.63, 3.8) is 0 Å². The standard InChI is InChI=1S/C10H7F3O/c1-2-3-10(14)6-4-8(12)9(13)5-7(6)11/h2-5H,1H3. The first-order chi connectivity index (χ1) is 6.56. The molecule has 0 saturated carbocycles. The lowest BCUT2D eigenvalue weighted by Gasteiger charge is -1.99. The first-order valence-electron chi connectivity index (χ1n) is 3.88. The Bertz CT molecular complexity index is 397. The van der Waals surface area contributed by atoms with E-state index in [9.17, 15) is 18.0 Å². The van der Waals surface area contributed by atoms with Gasteiger partial charge in [-0.25, -0.2) is 13.2 Å². The van der Waals surface area contributed by atoms with Crippen LogP contribution in [0.15, 0.2) is 24.3 Å². The Kier molecular flexibility index (Phi) is 3.06. The molecule has 1 nitrogen and oxygen atoms in total. The first-order valence-corrected chi connectivity index (χ1v) is 3.88. The van der Waals surface area contributed by atoms with Crippen LogP contribution in [-0.2, 0) is 0 Å². The molecular weight excluding hydrogens is 193 g/mol. The van der Waals surface area contributed by atoms with Gasteiger partial charge in [-0.05, 0) is 19.1 Å². The summed E-state index contributed by atoms with van der Waals surface area (Å²) in [7, 11) is 0. The van der Waals surface area contributed by atoms with Gasteiger partial charge in [0.2, 0.25) is 0 Å². The minimum atomic E-state index is -1.31. The molecule has 1 aromatic rings. The maximum absolute atomic E-state index is 12.9. The molecule has 4 heteroatoms. The number of rotatable bonds is 2. The van der Waals surface area contributed by atoms with E-state index in [1.54, 1.807) is 6.92 Å². The van der Waals surface area contributed by atoms with E-state index in [-0.39, 0.29) is 0 Å². The molecule has 1 rings (SSSR count). The van der Waals surface area contributed by atoms with E-state index >= 15 is 0 Å². The largest absolute Gasteiger partial charge is 0.289 e. The van der Waals surface area contributed by atoms with Crippen LogP contribution >= 0.6 is 0 Å². The van der Waals surface area contributed by atoms with E-state index in [4.69, 9.17) is 0 Å². The summed E-state index contributed by atoms with van der Waals surface area (Å²) in [5.74, 6) is -4.30. The minimum absolute atomic E-state index is 0.353. The quantitative estimate of drug-likeness (QED) is 0.407. The summed E-state index contributed by atoms with van der Waals surface area (Å²) in [5.41, 5.74) is -0.470. The van der Waals surface area contributed by atoms with Crippen LogP contribution in [0.25, 0.3) is 0 Å². The number of halogens is 3.